The molecule has 1 saturated heterocycles. The smallest absolute Gasteiger partial charge is 0.253 e. The lowest BCUT2D eigenvalue weighted by Gasteiger charge is -2.17. The van der Waals surface area contributed by atoms with Gasteiger partial charge in [-0.2, -0.15) is 15.0 Å². The van der Waals surface area contributed by atoms with Crippen LogP contribution in [0.15, 0.2) is 60.9 Å². The largest absolute Gasteiger partial charge is 0.491 e. The molecule has 0 radical (unpaired) electrons. The van der Waals surface area contributed by atoms with Gasteiger partial charge in [0, 0.05) is 29.6 Å². The van der Waals surface area contributed by atoms with Gasteiger partial charge in [-0.25, -0.2) is 0 Å². The zero-order valence-corrected chi connectivity index (χ0v) is 17.2. The molecule has 7 nitrogen and oxygen atoms in total. The van der Waals surface area contributed by atoms with Crippen molar-refractivity contribution < 1.29 is 14.6 Å². The summed E-state index contributed by atoms with van der Waals surface area (Å²) in [4.78, 5) is 16.1. The van der Waals surface area contributed by atoms with E-state index < -0.39 is 6.10 Å². The number of nitrogens with zero attached hydrogens (tertiary/aromatic N) is 4. The highest BCUT2D eigenvalue weighted by molar-refractivity contribution is 6.30. The Balaban J connectivity index is 1.29. The summed E-state index contributed by atoms with van der Waals surface area (Å²) < 4.78 is 5.61. The Bertz CT molecular complexity index is 961. The van der Waals surface area contributed by atoms with Crippen molar-refractivity contribution in [1.82, 2.24) is 19.9 Å². The third-order valence-electron chi connectivity index (χ3n) is 5.20. The Morgan fingerprint density at radius 1 is 1.13 bits per heavy atom. The normalized spacial score (nSPS) is 17.1. The summed E-state index contributed by atoms with van der Waals surface area (Å²) in [5.74, 6) is 0.946. The van der Waals surface area contributed by atoms with E-state index in [1.807, 2.05) is 29.2 Å². The van der Waals surface area contributed by atoms with Crippen LogP contribution >= 0.6 is 11.6 Å². The van der Waals surface area contributed by atoms with E-state index in [0.717, 1.165) is 18.0 Å². The number of rotatable bonds is 7. The van der Waals surface area contributed by atoms with Crippen LogP contribution in [-0.2, 0) is 6.54 Å². The second-order valence-corrected chi connectivity index (χ2v) is 7.80. The highest BCUT2D eigenvalue weighted by atomic mass is 35.5. The van der Waals surface area contributed by atoms with Gasteiger partial charge in [-0.05, 0) is 48.4 Å². The summed E-state index contributed by atoms with van der Waals surface area (Å²) in [6, 6.07) is 14.9. The van der Waals surface area contributed by atoms with E-state index >= 15 is 0 Å². The van der Waals surface area contributed by atoms with Gasteiger partial charge in [0.15, 0.2) is 0 Å². The molecule has 0 bridgehead atoms. The average Bonchev–Trinajstić information content (AvgIpc) is 3.45. The fourth-order valence-corrected chi connectivity index (χ4v) is 3.73. The number of hydrogen-bond donors (Lipinski definition) is 1. The predicted molar refractivity (Wildman–Crippen MR) is 113 cm³/mol. The Labute approximate surface area is 179 Å². The zero-order valence-electron chi connectivity index (χ0n) is 16.4. The van der Waals surface area contributed by atoms with E-state index in [2.05, 4.69) is 10.2 Å². The second kappa shape index (κ2) is 9.28. The molecule has 0 spiro atoms. The Hall–Kier alpha value is -2.90. The van der Waals surface area contributed by atoms with Crippen LogP contribution in [0, 0.1) is 0 Å². The van der Waals surface area contributed by atoms with Crippen LogP contribution in [0.5, 0.6) is 5.75 Å². The van der Waals surface area contributed by atoms with Gasteiger partial charge in [-0.1, -0.05) is 23.7 Å². The van der Waals surface area contributed by atoms with Crippen molar-refractivity contribution in [2.45, 2.75) is 25.0 Å². The highest BCUT2D eigenvalue weighted by Crippen LogP contribution is 2.29. The quantitative estimate of drug-likeness (QED) is 0.628. The molecule has 2 heterocycles. The molecule has 1 amide bonds. The maximum Gasteiger partial charge on any atom is 0.253 e. The fourth-order valence-electron chi connectivity index (χ4n) is 3.60. The van der Waals surface area contributed by atoms with Gasteiger partial charge in [0.1, 0.15) is 18.5 Å². The summed E-state index contributed by atoms with van der Waals surface area (Å²) in [5.41, 5.74) is 1.84. The molecule has 156 valence electrons. The van der Waals surface area contributed by atoms with Crippen LogP contribution in [-0.4, -0.2) is 56.7 Å². The first kappa shape index (κ1) is 20.4. The summed E-state index contributed by atoms with van der Waals surface area (Å²) in [5, 5.41) is 18.6. The number of aliphatic hydroxyl groups excluding tert-OH is 1. The third kappa shape index (κ3) is 4.98. The second-order valence-electron chi connectivity index (χ2n) is 7.36. The minimum Gasteiger partial charge on any atom is -0.491 e. The molecule has 0 saturated carbocycles. The van der Waals surface area contributed by atoms with E-state index in [1.165, 1.54) is 10.4 Å². The number of carbonyl (C=O) groups excluding carboxylic acids is 1. The van der Waals surface area contributed by atoms with Gasteiger partial charge >= 0.3 is 0 Å². The third-order valence-corrected chi connectivity index (χ3v) is 5.45. The standard InChI is InChI=1S/C22H23ClN4O3/c23-19-5-1-16(2-6-19)18-9-12-26(13-18)22(29)17-3-7-21(8-4-17)30-15-20(28)14-27-24-10-11-25-27/h1-8,10-11,18,20,28H,9,12-15H2/t18-,20?/m0/s1. The van der Waals surface area contributed by atoms with Gasteiger partial charge in [0.25, 0.3) is 5.91 Å². The number of halogens is 1. The first-order valence-electron chi connectivity index (χ1n) is 9.88. The van der Waals surface area contributed by atoms with Crippen LogP contribution in [0.2, 0.25) is 5.02 Å². The van der Waals surface area contributed by atoms with Crippen LogP contribution in [0.25, 0.3) is 0 Å². The number of benzene rings is 2. The van der Waals surface area contributed by atoms with Crippen molar-refractivity contribution in [2.24, 2.45) is 0 Å². The molecule has 1 aromatic heterocycles. The zero-order chi connectivity index (χ0) is 20.9. The number of aromatic nitrogens is 3. The van der Waals surface area contributed by atoms with Crippen molar-refractivity contribution in [3.63, 3.8) is 0 Å². The molecule has 30 heavy (non-hydrogen) atoms. The van der Waals surface area contributed by atoms with Gasteiger partial charge < -0.3 is 14.7 Å². The summed E-state index contributed by atoms with van der Waals surface area (Å²) in [6.45, 7) is 1.81. The van der Waals surface area contributed by atoms with Gasteiger partial charge in [-0.3, -0.25) is 4.79 Å². The molecule has 1 aliphatic heterocycles. The maximum atomic E-state index is 12.8. The molecule has 8 heteroatoms. The van der Waals surface area contributed by atoms with E-state index in [9.17, 15) is 9.90 Å². The predicted octanol–water partition coefficient (Wildman–Crippen LogP) is 3.00. The Morgan fingerprint density at radius 3 is 2.53 bits per heavy atom. The van der Waals surface area contributed by atoms with Crippen LogP contribution < -0.4 is 4.74 Å². The van der Waals surface area contributed by atoms with Crippen LogP contribution in [0.1, 0.15) is 28.3 Å². The number of ether oxygens (including phenoxy) is 1. The molecule has 0 aliphatic carbocycles. The first-order chi connectivity index (χ1) is 14.6. The summed E-state index contributed by atoms with van der Waals surface area (Å²) in [6.07, 6.45) is 3.33. The summed E-state index contributed by atoms with van der Waals surface area (Å²) in [7, 11) is 0. The van der Waals surface area contributed by atoms with Crippen molar-refractivity contribution in [2.75, 3.05) is 19.7 Å². The topological polar surface area (TPSA) is 80.5 Å². The lowest BCUT2D eigenvalue weighted by Crippen LogP contribution is -2.28. The molecular formula is C22H23ClN4O3. The monoisotopic (exact) mass is 426 g/mol. The van der Waals surface area contributed by atoms with Crippen LogP contribution in [0.3, 0.4) is 0 Å². The van der Waals surface area contributed by atoms with Crippen molar-refractivity contribution >= 4 is 17.5 Å². The minimum atomic E-state index is -0.729. The van der Waals surface area contributed by atoms with Crippen LogP contribution in [0.4, 0.5) is 0 Å². The summed E-state index contributed by atoms with van der Waals surface area (Å²) >= 11 is 5.97. The molecule has 3 aromatic rings. The number of carbonyl (C=O) groups is 1. The van der Waals surface area contributed by atoms with E-state index in [-0.39, 0.29) is 19.1 Å². The van der Waals surface area contributed by atoms with Crippen molar-refractivity contribution in [3.8, 4) is 5.75 Å². The van der Waals surface area contributed by atoms with Gasteiger partial charge in [-0.15, -0.1) is 0 Å². The molecule has 1 unspecified atom stereocenters. The molecule has 1 fully saturated rings. The Morgan fingerprint density at radius 2 is 1.83 bits per heavy atom. The first-order valence-corrected chi connectivity index (χ1v) is 10.3. The number of likely N-dealkylation sites (tertiary alicyclic amines) is 1. The van der Waals surface area contributed by atoms with Gasteiger partial charge in [0.05, 0.1) is 18.9 Å². The van der Waals surface area contributed by atoms with E-state index in [0.29, 0.717) is 23.8 Å². The lowest BCUT2D eigenvalue weighted by atomic mass is 9.99. The highest BCUT2D eigenvalue weighted by Gasteiger charge is 2.28. The number of aliphatic hydroxyl groups is 1. The molecule has 2 aromatic carbocycles. The van der Waals surface area contributed by atoms with Gasteiger partial charge in [0.2, 0.25) is 0 Å². The van der Waals surface area contributed by atoms with Crippen molar-refractivity contribution in [3.05, 3.63) is 77.1 Å². The lowest BCUT2D eigenvalue weighted by molar-refractivity contribution is 0.0789. The molecule has 1 N–H and O–H groups in total. The van der Waals surface area contributed by atoms with E-state index in [1.54, 1.807) is 36.7 Å². The van der Waals surface area contributed by atoms with E-state index in [4.69, 9.17) is 16.3 Å². The minimum absolute atomic E-state index is 0.0165. The SMILES string of the molecule is O=C(c1ccc(OCC(O)Cn2nccn2)cc1)N1CC[C@H](c2ccc(Cl)cc2)C1. The molecular weight excluding hydrogens is 404 g/mol. The Kier molecular flexibility index (Phi) is 6.30. The molecule has 2 atom stereocenters. The number of hydrogen-bond acceptors (Lipinski definition) is 5. The molecule has 1 aliphatic rings. The van der Waals surface area contributed by atoms with Crippen molar-refractivity contribution in [1.29, 1.82) is 0 Å². The maximum absolute atomic E-state index is 12.8. The molecule has 4 rings (SSSR count). The fraction of sp³-hybridized carbons (Fsp3) is 0.318. The number of amides is 1. The average molecular weight is 427 g/mol.